The number of unbranched alkanes of at least 4 members (excludes halogenated alkanes) is 2. The van der Waals surface area contributed by atoms with Crippen LogP contribution in [0.25, 0.3) is 5.65 Å². The standard InChI is InChI=1S/C13H17N3O2/c1-3-4-5-9-18-11-7-6-8-16-12(15-17)10(2)14-13(11)16/h6-8H,3-5,9H2,1-2H3. The second-order valence-corrected chi connectivity index (χ2v) is 4.23. The Balaban J connectivity index is 2.26. The molecule has 0 saturated heterocycles. The van der Waals surface area contributed by atoms with Gasteiger partial charge in [-0.1, -0.05) is 19.8 Å². The van der Waals surface area contributed by atoms with Crippen LogP contribution >= 0.6 is 0 Å². The Labute approximate surface area is 106 Å². The molecule has 2 heterocycles. The fraction of sp³-hybridized carbons (Fsp3) is 0.462. The maximum atomic E-state index is 10.8. The van der Waals surface area contributed by atoms with Crippen LogP contribution in [0, 0.1) is 11.8 Å². The van der Waals surface area contributed by atoms with Gasteiger partial charge in [-0.15, -0.1) is 4.91 Å². The summed E-state index contributed by atoms with van der Waals surface area (Å²) in [5.74, 6) is 1.04. The summed E-state index contributed by atoms with van der Waals surface area (Å²) in [6.07, 6.45) is 5.11. The van der Waals surface area contributed by atoms with Gasteiger partial charge in [0.15, 0.2) is 11.4 Å². The lowest BCUT2D eigenvalue weighted by Crippen LogP contribution is -1.99. The van der Waals surface area contributed by atoms with E-state index in [1.54, 1.807) is 17.5 Å². The van der Waals surface area contributed by atoms with Crippen molar-refractivity contribution in [2.75, 3.05) is 6.61 Å². The molecule has 0 radical (unpaired) electrons. The SMILES string of the molecule is CCCCCOc1cccn2c(N=O)c(C)nc12. The molecule has 0 amide bonds. The van der Waals surface area contributed by atoms with Gasteiger partial charge >= 0.3 is 0 Å². The highest BCUT2D eigenvalue weighted by Crippen LogP contribution is 2.26. The van der Waals surface area contributed by atoms with Gasteiger partial charge in [-0.3, -0.25) is 4.40 Å². The zero-order valence-electron chi connectivity index (χ0n) is 10.7. The van der Waals surface area contributed by atoms with Crippen molar-refractivity contribution in [3.05, 3.63) is 28.9 Å². The van der Waals surface area contributed by atoms with Crippen molar-refractivity contribution in [1.82, 2.24) is 9.38 Å². The number of ether oxygens (including phenoxy) is 1. The van der Waals surface area contributed by atoms with Crippen LogP contribution in [0.5, 0.6) is 5.75 Å². The number of pyridine rings is 1. The number of fused-ring (bicyclic) bond motifs is 1. The Hall–Kier alpha value is -1.91. The number of aromatic nitrogens is 2. The zero-order valence-corrected chi connectivity index (χ0v) is 10.7. The van der Waals surface area contributed by atoms with Crippen LogP contribution in [0.2, 0.25) is 0 Å². The van der Waals surface area contributed by atoms with Gasteiger partial charge in [0.05, 0.1) is 12.3 Å². The maximum Gasteiger partial charge on any atom is 0.204 e. The molecule has 0 fully saturated rings. The average molecular weight is 247 g/mol. The van der Waals surface area contributed by atoms with Crippen LogP contribution in [0.15, 0.2) is 23.5 Å². The average Bonchev–Trinajstić information content (AvgIpc) is 2.70. The summed E-state index contributed by atoms with van der Waals surface area (Å²) >= 11 is 0. The first-order valence-corrected chi connectivity index (χ1v) is 6.21. The van der Waals surface area contributed by atoms with E-state index in [4.69, 9.17) is 4.74 Å². The molecule has 2 aromatic heterocycles. The summed E-state index contributed by atoms with van der Waals surface area (Å²) in [6.45, 7) is 4.59. The van der Waals surface area contributed by atoms with Crippen LogP contribution < -0.4 is 4.74 Å². The highest BCUT2D eigenvalue weighted by atomic mass is 16.5. The highest BCUT2D eigenvalue weighted by Gasteiger charge is 2.12. The molecule has 0 saturated carbocycles. The van der Waals surface area contributed by atoms with Gasteiger partial charge in [0.1, 0.15) is 0 Å². The number of hydrogen-bond donors (Lipinski definition) is 0. The maximum absolute atomic E-state index is 10.8. The Bertz CT molecular complexity index is 548. The molecule has 0 spiro atoms. The third-order valence-electron chi connectivity index (χ3n) is 2.85. The molecule has 96 valence electrons. The minimum Gasteiger partial charge on any atom is -0.490 e. The highest BCUT2D eigenvalue weighted by molar-refractivity contribution is 5.60. The first-order chi connectivity index (χ1) is 8.77. The van der Waals surface area contributed by atoms with Crippen molar-refractivity contribution in [3.8, 4) is 5.75 Å². The molecule has 18 heavy (non-hydrogen) atoms. The largest absolute Gasteiger partial charge is 0.490 e. The number of hydrogen-bond acceptors (Lipinski definition) is 4. The number of imidazole rings is 1. The van der Waals surface area contributed by atoms with Gasteiger partial charge in [0, 0.05) is 6.20 Å². The van der Waals surface area contributed by atoms with E-state index < -0.39 is 0 Å². The molecule has 0 unspecified atom stereocenters. The van der Waals surface area contributed by atoms with E-state index in [1.807, 2.05) is 12.1 Å². The first-order valence-electron chi connectivity index (χ1n) is 6.21. The molecule has 2 aromatic rings. The van der Waals surface area contributed by atoms with Gasteiger partial charge in [0.2, 0.25) is 5.82 Å². The number of rotatable bonds is 6. The molecule has 0 atom stereocenters. The summed E-state index contributed by atoms with van der Waals surface area (Å²) in [5.41, 5.74) is 1.27. The summed E-state index contributed by atoms with van der Waals surface area (Å²) < 4.78 is 7.37. The lowest BCUT2D eigenvalue weighted by Gasteiger charge is -2.06. The molecule has 0 N–H and O–H groups in total. The molecular weight excluding hydrogens is 230 g/mol. The second-order valence-electron chi connectivity index (χ2n) is 4.23. The predicted molar refractivity (Wildman–Crippen MR) is 70.4 cm³/mol. The molecule has 5 heteroatoms. The lowest BCUT2D eigenvalue weighted by atomic mass is 10.3. The van der Waals surface area contributed by atoms with Gasteiger partial charge in [-0.05, 0) is 30.7 Å². The van der Waals surface area contributed by atoms with Crippen molar-refractivity contribution in [1.29, 1.82) is 0 Å². The van der Waals surface area contributed by atoms with E-state index in [0.29, 0.717) is 29.5 Å². The van der Waals surface area contributed by atoms with Gasteiger partial charge in [0.25, 0.3) is 0 Å². The van der Waals surface area contributed by atoms with Crippen molar-refractivity contribution in [2.24, 2.45) is 5.18 Å². The molecule has 2 rings (SSSR count). The molecule has 0 aliphatic rings. The third-order valence-corrected chi connectivity index (χ3v) is 2.85. The first kappa shape index (κ1) is 12.5. The minimum atomic E-state index is 0.337. The number of aryl methyl sites for hydroxylation is 1. The summed E-state index contributed by atoms with van der Waals surface area (Å²) in [4.78, 5) is 15.1. The third kappa shape index (κ3) is 2.34. The summed E-state index contributed by atoms with van der Waals surface area (Å²) in [6, 6.07) is 3.69. The van der Waals surface area contributed by atoms with Crippen LogP contribution in [0.1, 0.15) is 31.9 Å². The van der Waals surface area contributed by atoms with Crippen molar-refractivity contribution in [3.63, 3.8) is 0 Å². The summed E-state index contributed by atoms with van der Waals surface area (Å²) in [7, 11) is 0. The molecular formula is C13H17N3O2. The van der Waals surface area contributed by atoms with Crippen molar-refractivity contribution < 1.29 is 4.74 Å². The quantitative estimate of drug-likeness (QED) is 0.578. The summed E-state index contributed by atoms with van der Waals surface area (Å²) in [5, 5.41) is 3.00. The van der Waals surface area contributed by atoms with Crippen LogP contribution in [-0.4, -0.2) is 16.0 Å². The van der Waals surface area contributed by atoms with E-state index in [-0.39, 0.29) is 0 Å². The van der Waals surface area contributed by atoms with Gasteiger partial charge in [-0.2, -0.15) is 0 Å². The number of nitroso groups, excluding NO2 is 1. The fourth-order valence-electron chi connectivity index (χ4n) is 1.90. The van der Waals surface area contributed by atoms with Gasteiger partial charge < -0.3 is 4.74 Å². The monoisotopic (exact) mass is 247 g/mol. The smallest absolute Gasteiger partial charge is 0.204 e. The lowest BCUT2D eigenvalue weighted by molar-refractivity contribution is 0.308. The topological polar surface area (TPSA) is 56.0 Å². The fourth-order valence-corrected chi connectivity index (χ4v) is 1.90. The van der Waals surface area contributed by atoms with E-state index >= 15 is 0 Å². The van der Waals surface area contributed by atoms with Gasteiger partial charge in [-0.25, -0.2) is 4.98 Å². The normalized spacial score (nSPS) is 10.8. The van der Waals surface area contributed by atoms with E-state index in [2.05, 4.69) is 17.1 Å². The second kappa shape index (κ2) is 5.62. The molecule has 0 aliphatic heterocycles. The Morgan fingerprint density at radius 1 is 1.44 bits per heavy atom. The number of nitrogens with zero attached hydrogens (tertiary/aromatic N) is 3. The van der Waals surface area contributed by atoms with Crippen LogP contribution in [0.3, 0.4) is 0 Å². The molecule has 5 nitrogen and oxygen atoms in total. The predicted octanol–water partition coefficient (Wildman–Crippen LogP) is 3.61. The van der Waals surface area contributed by atoms with E-state index in [9.17, 15) is 4.91 Å². The van der Waals surface area contributed by atoms with Crippen molar-refractivity contribution >= 4 is 11.5 Å². The van der Waals surface area contributed by atoms with E-state index in [1.165, 1.54) is 0 Å². The van der Waals surface area contributed by atoms with E-state index in [0.717, 1.165) is 19.3 Å². The zero-order chi connectivity index (χ0) is 13.0. The van der Waals surface area contributed by atoms with Crippen molar-refractivity contribution in [2.45, 2.75) is 33.1 Å². The molecule has 0 aliphatic carbocycles. The Morgan fingerprint density at radius 2 is 2.28 bits per heavy atom. The van der Waals surface area contributed by atoms with Crippen LogP contribution in [0.4, 0.5) is 5.82 Å². The molecule has 0 bridgehead atoms. The Morgan fingerprint density at radius 3 is 3.00 bits per heavy atom. The minimum absolute atomic E-state index is 0.337. The molecule has 0 aromatic carbocycles. The Kier molecular flexibility index (Phi) is 3.92. The van der Waals surface area contributed by atoms with Crippen LogP contribution in [-0.2, 0) is 0 Å².